The highest BCUT2D eigenvalue weighted by Crippen LogP contribution is 2.28. The number of nitriles is 1. The molecule has 0 unspecified atom stereocenters. The molecule has 18 heavy (non-hydrogen) atoms. The van der Waals surface area contributed by atoms with E-state index in [-0.39, 0.29) is 0 Å². The van der Waals surface area contributed by atoms with Crippen LogP contribution in [0.15, 0.2) is 30.6 Å². The maximum Gasteiger partial charge on any atom is 0.237 e. The molecule has 2 aromatic heterocycles. The molecule has 0 fully saturated rings. The van der Waals surface area contributed by atoms with Crippen molar-refractivity contribution < 1.29 is 4.74 Å². The molecule has 0 saturated heterocycles. The zero-order valence-electron chi connectivity index (χ0n) is 9.76. The lowest BCUT2D eigenvalue weighted by atomic mass is 10.1. The fraction of sp³-hybridized carbons (Fsp3) is 0.214. The smallest absolute Gasteiger partial charge is 0.237 e. The van der Waals surface area contributed by atoms with Crippen LogP contribution in [-0.4, -0.2) is 9.97 Å². The lowest BCUT2D eigenvalue weighted by Gasteiger charge is -2.08. The van der Waals surface area contributed by atoms with E-state index in [4.69, 9.17) is 10.00 Å². The largest absolute Gasteiger partial charge is 0.436 e. The monoisotopic (exact) mass is 237 g/mol. The van der Waals surface area contributed by atoms with Crippen LogP contribution in [0.5, 0.6) is 11.6 Å². The first-order valence-corrected chi connectivity index (χ1v) is 5.87. The second kappa shape index (κ2) is 4.46. The quantitative estimate of drug-likeness (QED) is 0.805. The Morgan fingerprint density at radius 3 is 3.06 bits per heavy atom. The Kier molecular flexibility index (Phi) is 2.66. The first kappa shape index (κ1) is 10.7. The highest BCUT2D eigenvalue weighted by molar-refractivity contribution is 5.45. The minimum Gasteiger partial charge on any atom is -0.436 e. The zero-order valence-corrected chi connectivity index (χ0v) is 9.76. The predicted molar refractivity (Wildman–Crippen MR) is 65.3 cm³/mol. The van der Waals surface area contributed by atoms with Gasteiger partial charge in [0, 0.05) is 11.9 Å². The number of pyridine rings is 2. The molecule has 0 spiro atoms. The fourth-order valence-corrected chi connectivity index (χ4v) is 2.13. The summed E-state index contributed by atoms with van der Waals surface area (Å²) in [6.07, 6.45) is 6.35. The summed E-state index contributed by atoms with van der Waals surface area (Å²) in [5.41, 5.74) is 2.71. The number of rotatable bonds is 2. The van der Waals surface area contributed by atoms with Crippen molar-refractivity contribution in [3.05, 3.63) is 47.4 Å². The fourth-order valence-electron chi connectivity index (χ4n) is 2.13. The molecule has 1 aliphatic rings. The van der Waals surface area contributed by atoms with Crippen LogP contribution in [0.3, 0.4) is 0 Å². The average molecular weight is 237 g/mol. The zero-order chi connectivity index (χ0) is 12.4. The molecule has 0 aromatic carbocycles. The highest BCUT2D eigenvalue weighted by Gasteiger charge is 2.17. The van der Waals surface area contributed by atoms with E-state index in [1.165, 1.54) is 5.56 Å². The summed E-state index contributed by atoms with van der Waals surface area (Å²) in [5, 5.41) is 9.14. The van der Waals surface area contributed by atoms with E-state index in [0.29, 0.717) is 17.2 Å². The van der Waals surface area contributed by atoms with Crippen LogP contribution in [0.2, 0.25) is 0 Å². The number of hydrogen-bond acceptors (Lipinski definition) is 4. The topological polar surface area (TPSA) is 58.8 Å². The van der Waals surface area contributed by atoms with E-state index in [0.717, 1.165) is 25.0 Å². The van der Waals surface area contributed by atoms with E-state index in [1.54, 1.807) is 24.5 Å². The Balaban J connectivity index is 1.99. The van der Waals surface area contributed by atoms with Gasteiger partial charge in [0.1, 0.15) is 17.4 Å². The van der Waals surface area contributed by atoms with Crippen LogP contribution in [0.1, 0.15) is 23.2 Å². The Bertz CT molecular complexity index is 617. The lowest BCUT2D eigenvalue weighted by Crippen LogP contribution is -1.97. The lowest BCUT2D eigenvalue weighted by molar-refractivity contribution is 0.457. The van der Waals surface area contributed by atoms with E-state index in [2.05, 4.69) is 16.0 Å². The summed E-state index contributed by atoms with van der Waals surface area (Å²) in [7, 11) is 0. The van der Waals surface area contributed by atoms with Gasteiger partial charge in [-0.15, -0.1) is 0 Å². The predicted octanol–water partition coefficient (Wildman–Crippen LogP) is 2.63. The van der Waals surface area contributed by atoms with Gasteiger partial charge in [-0.1, -0.05) is 0 Å². The second-order valence-electron chi connectivity index (χ2n) is 4.20. The van der Waals surface area contributed by atoms with E-state index < -0.39 is 0 Å². The number of aromatic nitrogens is 2. The summed E-state index contributed by atoms with van der Waals surface area (Å²) < 4.78 is 5.63. The number of aryl methyl sites for hydroxylation is 2. The molecule has 88 valence electrons. The van der Waals surface area contributed by atoms with E-state index in [1.807, 2.05) is 6.07 Å². The maximum absolute atomic E-state index is 9.14. The molecule has 4 nitrogen and oxygen atoms in total. The Hall–Kier alpha value is -2.41. The average Bonchev–Trinajstić information content (AvgIpc) is 2.86. The molecule has 2 aromatic rings. The van der Waals surface area contributed by atoms with E-state index >= 15 is 0 Å². The number of fused-ring (bicyclic) bond motifs is 1. The maximum atomic E-state index is 9.14. The molecule has 2 heterocycles. The van der Waals surface area contributed by atoms with Crippen molar-refractivity contribution in [1.82, 2.24) is 9.97 Å². The normalized spacial score (nSPS) is 12.8. The molecule has 0 amide bonds. The van der Waals surface area contributed by atoms with Gasteiger partial charge in [-0.3, -0.25) is 4.98 Å². The molecule has 0 aliphatic heterocycles. The second-order valence-corrected chi connectivity index (χ2v) is 4.20. The molecule has 0 atom stereocenters. The van der Waals surface area contributed by atoms with Crippen molar-refractivity contribution in [2.45, 2.75) is 19.3 Å². The van der Waals surface area contributed by atoms with Gasteiger partial charge in [0.25, 0.3) is 0 Å². The minimum absolute atomic E-state index is 0.381. The van der Waals surface area contributed by atoms with Crippen LogP contribution in [0, 0.1) is 11.3 Å². The van der Waals surface area contributed by atoms with Gasteiger partial charge < -0.3 is 4.74 Å². The van der Waals surface area contributed by atoms with Gasteiger partial charge >= 0.3 is 0 Å². The standard InChI is InChI=1S/C14H11N3O/c15-8-11-7-10-3-1-5-13(10)17-14(11)18-12-4-2-6-16-9-12/h2,4,6-7,9H,1,3,5H2. The molecular weight excluding hydrogens is 226 g/mol. The van der Waals surface area contributed by atoms with Crippen LogP contribution in [-0.2, 0) is 12.8 Å². The molecule has 0 radical (unpaired) electrons. The van der Waals surface area contributed by atoms with E-state index in [9.17, 15) is 0 Å². The van der Waals surface area contributed by atoms with Gasteiger partial charge in [-0.2, -0.15) is 5.26 Å². The summed E-state index contributed by atoms with van der Waals surface area (Å²) >= 11 is 0. The summed E-state index contributed by atoms with van der Waals surface area (Å²) in [5.74, 6) is 0.977. The van der Waals surface area contributed by atoms with Gasteiger partial charge in [0.15, 0.2) is 0 Å². The van der Waals surface area contributed by atoms with Crippen molar-refractivity contribution in [1.29, 1.82) is 5.26 Å². The Morgan fingerprint density at radius 2 is 2.28 bits per heavy atom. The van der Waals surface area contributed by atoms with Crippen LogP contribution in [0.25, 0.3) is 0 Å². The molecule has 0 bridgehead atoms. The Morgan fingerprint density at radius 1 is 1.33 bits per heavy atom. The number of nitrogens with zero attached hydrogens (tertiary/aromatic N) is 3. The Labute approximate surface area is 105 Å². The van der Waals surface area contributed by atoms with Gasteiger partial charge in [0.05, 0.1) is 6.20 Å². The molecular formula is C14H11N3O. The van der Waals surface area contributed by atoms with Gasteiger partial charge in [-0.25, -0.2) is 4.98 Å². The first-order chi connectivity index (χ1) is 8.86. The summed E-state index contributed by atoms with van der Waals surface area (Å²) in [4.78, 5) is 8.42. The van der Waals surface area contributed by atoms with Crippen molar-refractivity contribution in [2.75, 3.05) is 0 Å². The third kappa shape index (κ3) is 1.91. The highest BCUT2D eigenvalue weighted by atomic mass is 16.5. The van der Waals surface area contributed by atoms with Crippen LogP contribution < -0.4 is 4.74 Å². The van der Waals surface area contributed by atoms with Gasteiger partial charge in [0.2, 0.25) is 5.88 Å². The molecule has 0 N–H and O–H groups in total. The van der Waals surface area contributed by atoms with Crippen molar-refractivity contribution in [3.63, 3.8) is 0 Å². The number of ether oxygens (including phenoxy) is 1. The molecule has 0 saturated carbocycles. The molecule has 4 heteroatoms. The van der Waals surface area contributed by atoms with Crippen LogP contribution >= 0.6 is 0 Å². The SMILES string of the molecule is N#Cc1cc2c(nc1Oc1cccnc1)CCC2. The number of hydrogen-bond donors (Lipinski definition) is 0. The van der Waals surface area contributed by atoms with Crippen LogP contribution in [0.4, 0.5) is 0 Å². The van der Waals surface area contributed by atoms with Crippen molar-refractivity contribution in [3.8, 4) is 17.7 Å². The summed E-state index contributed by atoms with van der Waals surface area (Å²) in [6, 6.07) is 7.61. The van der Waals surface area contributed by atoms with Crippen molar-refractivity contribution in [2.24, 2.45) is 0 Å². The molecule has 1 aliphatic carbocycles. The molecule has 3 rings (SSSR count). The third-order valence-electron chi connectivity index (χ3n) is 2.99. The van der Waals surface area contributed by atoms with Crippen molar-refractivity contribution >= 4 is 0 Å². The van der Waals surface area contributed by atoms with Gasteiger partial charge in [-0.05, 0) is 43.0 Å². The summed E-state index contributed by atoms with van der Waals surface area (Å²) in [6.45, 7) is 0. The minimum atomic E-state index is 0.381. The first-order valence-electron chi connectivity index (χ1n) is 5.87. The third-order valence-corrected chi connectivity index (χ3v) is 2.99.